The minimum Gasteiger partial charge on any atom is -0.384 e. The van der Waals surface area contributed by atoms with Crippen LogP contribution in [0, 0.1) is 5.41 Å². The minimum absolute atomic E-state index is 0.0953. The number of benzene rings is 1. The van der Waals surface area contributed by atoms with Gasteiger partial charge in [0.25, 0.3) is 0 Å². The molecule has 0 heterocycles. The summed E-state index contributed by atoms with van der Waals surface area (Å²) in [5.41, 5.74) is 6.16. The maximum atomic E-state index is 7.33. The van der Waals surface area contributed by atoms with Crippen molar-refractivity contribution in [1.82, 2.24) is 0 Å². The summed E-state index contributed by atoms with van der Waals surface area (Å²) >= 11 is 5.20. The lowest BCUT2D eigenvalue weighted by Crippen LogP contribution is -2.11. The van der Waals surface area contributed by atoms with Crippen LogP contribution in [-0.4, -0.2) is 11.1 Å². The number of thioether (sulfide) groups is 1. The number of rotatable bonds is 3. The Hall–Kier alpha value is -0.480. The number of nitrogens with two attached hydrogens (primary N) is 1. The third kappa shape index (κ3) is 3.03. The summed E-state index contributed by atoms with van der Waals surface area (Å²) in [5.74, 6) is 0.0953. The Labute approximate surface area is 96.9 Å². The number of nitrogens with one attached hydrogen (secondary N) is 1. The summed E-state index contributed by atoms with van der Waals surface area (Å²) in [5, 5.41) is 7.89. The number of hydrogen-bond acceptors (Lipinski definition) is 2. The zero-order chi connectivity index (χ0) is 10.7. The highest BCUT2D eigenvalue weighted by molar-refractivity contribution is 9.10. The topological polar surface area (TPSA) is 49.9 Å². The molecule has 0 aliphatic heterocycles. The van der Waals surface area contributed by atoms with Crippen molar-refractivity contribution in [1.29, 1.82) is 5.41 Å². The van der Waals surface area contributed by atoms with Crippen LogP contribution in [0.15, 0.2) is 27.6 Å². The molecule has 0 aliphatic rings. The third-order valence-electron chi connectivity index (χ3n) is 1.60. The predicted octanol–water partition coefficient (Wildman–Crippen LogP) is 3.23. The van der Waals surface area contributed by atoms with Crippen molar-refractivity contribution in [3.8, 4) is 0 Å². The van der Waals surface area contributed by atoms with Gasteiger partial charge in [0, 0.05) is 20.2 Å². The SMILES string of the molecule is CC(C)Sc1ccc(C(=N)N)c(Br)c1. The van der Waals surface area contributed by atoms with Gasteiger partial charge in [-0.3, -0.25) is 5.41 Å². The van der Waals surface area contributed by atoms with Gasteiger partial charge in [0.1, 0.15) is 5.84 Å². The van der Waals surface area contributed by atoms with Crippen LogP contribution < -0.4 is 5.73 Å². The number of nitrogen functional groups attached to an aromatic ring is 1. The van der Waals surface area contributed by atoms with Crippen molar-refractivity contribution in [3.05, 3.63) is 28.2 Å². The van der Waals surface area contributed by atoms with Crippen molar-refractivity contribution in [2.75, 3.05) is 0 Å². The van der Waals surface area contributed by atoms with Gasteiger partial charge in [-0.15, -0.1) is 11.8 Å². The first-order chi connectivity index (χ1) is 6.50. The second-order valence-corrected chi connectivity index (χ2v) is 5.73. The maximum Gasteiger partial charge on any atom is 0.123 e. The number of amidine groups is 1. The summed E-state index contributed by atoms with van der Waals surface area (Å²) in [7, 11) is 0. The Kier molecular flexibility index (Phi) is 4.01. The molecule has 0 saturated carbocycles. The minimum atomic E-state index is 0.0953. The van der Waals surface area contributed by atoms with E-state index in [1.54, 1.807) is 11.8 Å². The van der Waals surface area contributed by atoms with Crippen LogP contribution >= 0.6 is 27.7 Å². The molecule has 1 aromatic carbocycles. The van der Waals surface area contributed by atoms with E-state index in [-0.39, 0.29) is 5.84 Å². The lowest BCUT2D eigenvalue weighted by Gasteiger charge is -2.07. The summed E-state index contributed by atoms with van der Waals surface area (Å²) < 4.78 is 0.885. The largest absolute Gasteiger partial charge is 0.384 e. The molecule has 2 nitrogen and oxygen atoms in total. The maximum absolute atomic E-state index is 7.33. The summed E-state index contributed by atoms with van der Waals surface area (Å²) in [4.78, 5) is 1.19. The Morgan fingerprint density at radius 2 is 2.14 bits per heavy atom. The molecule has 0 unspecified atom stereocenters. The Morgan fingerprint density at radius 1 is 1.50 bits per heavy atom. The molecule has 4 heteroatoms. The summed E-state index contributed by atoms with van der Waals surface area (Å²) in [6.45, 7) is 4.30. The van der Waals surface area contributed by atoms with E-state index >= 15 is 0 Å². The van der Waals surface area contributed by atoms with Gasteiger partial charge in [-0.1, -0.05) is 13.8 Å². The fourth-order valence-electron chi connectivity index (χ4n) is 1.06. The fraction of sp³-hybridized carbons (Fsp3) is 0.300. The van der Waals surface area contributed by atoms with Crippen LogP contribution in [0.3, 0.4) is 0 Å². The van der Waals surface area contributed by atoms with Crippen LogP contribution in [0.4, 0.5) is 0 Å². The Balaban J connectivity index is 2.94. The predicted molar refractivity (Wildman–Crippen MR) is 66.2 cm³/mol. The molecule has 14 heavy (non-hydrogen) atoms. The monoisotopic (exact) mass is 272 g/mol. The van der Waals surface area contributed by atoms with Crippen LogP contribution in [-0.2, 0) is 0 Å². The first kappa shape index (κ1) is 11.6. The van der Waals surface area contributed by atoms with Crippen LogP contribution in [0.2, 0.25) is 0 Å². The molecule has 1 aromatic rings. The molecule has 0 aromatic heterocycles. The zero-order valence-corrected chi connectivity index (χ0v) is 10.6. The van der Waals surface area contributed by atoms with E-state index in [2.05, 4.69) is 29.8 Å². The number of halogens is 1. The highest BCUT2D eigenvalue weighted by Gasteiger charge is 2.05. The van der Waals surface area contributed by atoms with Gasteiger partial charge in [0.15, 0.2) is 0 Å². The Morgan fingerprint density at radius 3 is 2.57 bits per heavy atom. The van der Waals surface area contributed by atoms with Crippen molar-refractivity contribution >= 4 is 33.5 Å². The molecule has 0 spiro atoms. The molecule has 3 N–H and O–H groups in total. The van der Waals surface area contributed by atoms with Crippen LogP contribution in [0.5, 0.6) is 0 Å². The molecule has 0 amide bonds. The fourth-order valence-corrected chi connectivity index (χ4v) is 2.68. The molecule has 0 saturated heterocycles. The van der Waals surface area contributed by atoms with E-state index in [4.69, 9.17) is 11.1 Å². The van der Waals surface area contributed by atoms with Gasteiger partial charge in [0.2, 0.25) is 0 Å². The van der Waals surface area contributed by atoms with Gasteiger partial charge in [0.05, 0.1) is 0 Å². The van der Waals surface area contributed by atoms with E-state index in [1.165, 1.54) is 4.90 Å². The first-order valence-corrected chi connectivity index (χ1v) is 5.98. The smallest absolute Gasteiger partial charge is 0.123 e. The zero-order valence-electron chi connectivity index (χ0n) is 8.17. The molecular weight excluding hydrogens is 260 g/mol. The van der Waals surface area contributed by atoms with Crippen molar-refractivity contribution in [2.24, 2.45) is 5.73 Å². The van der Waals surface area contributed by atoms with Crippen LogP contribution in [0.1, 0.15) is 19.4 Å². The van der Waals surface area contributed by atoms with Gasteiger partial charge in [-0.2, -0.15) is 0 Å². The highest BCUT2D eigenvalue weighted by atomic mass is 79.9. The average molecular weight is 273 g/mol. The third-order valence-corrected chi connectivity index (χ3v) is 3.26. The lowest BCUT2D eigenvalue weighted by atomic mass is 10.2. The lowest BCUT2D eigenvalue weighted by molar-refractivity contribution is 1.11. The molecular formula is C10H13BrN2S. The molecule has 0 bridgehead atoms. The molecule has 0 fully saturated rings. The van der Waals surface area contributed by atoms with Crippen molar-refractivity contribution in [2.45, 2.75) is 24.0 Å². The average Bonchev–Trinajstić information content (AvgIpc) is 2.01. The molecule has 76 valence electrons. The summed E-state index contributed by atoms with van der Waals surface area (Å²) in [6.07, 6.45) is 0. The quantitative estimate of drug-likeness (QED) is 0.504. The van der Waals surface area contributed by atoms with Crippen molar-refractivity contribution in [3.63, 3.8) is 0 Å². The number of hydrogen-bond donors (Lipinski definition) is 2. The van der Waals surface area contributed by atoms with Gasteiger partial charge >= 0.3 is 0 Å². The normalized spacial score (nSPS) is 10.6. The molecule has 1 rings (SSSR count). The van der Waals surface area contributed by atoms with Gasteiger partial charge < -0.3 is 5.73 Å². The second-order valence-electron chi connectivity index (χ2n) is 3.22. The van der Waals surface area contributed by atoms with E-state index in [1.807, 2.05) is 18.2 Å². The van der Waals surface area contributed by atoms with Crippen molar-refractivity contribution < 1.29 is 0 Å². The van der Waals surface area contributed by atoms with E-state index in [0.29, 0.717) is 5.25 Å². The standard InChI is InChI=1S/C10H13BrN2S/c1-6(2)14-7-3-4-8(10(12)13)9(11)5-7/h3-6H,1-2H3,(H3,12,13). The van der Waals surface area contributed by atoms with Gasteiger partial charge in [-0.25, -0.2) is 0 Å². The summed E-state index contributed by atoms with van der Waals surface area (Å²) in [6, 6.07) is 5.87. The molecule has 0 atom stereocenters. The van der Waals surface area contributed by atoms with E-state index in [9.17, 15) is 0 Å². The van der Waals surface area contributed by atoms with E-state index in [0.717, 1.165) is 10.0 Å². The molecule has 0 radical (unpaired) electrons. The Bertz CT molecular complexity index is 350. The van der Waals surface area contributed by atoms with E-state index < -0.39 is 0 Å². The first-order valence-electron chi connectivity index (χ1n) is 4.31. The van der Waals surface area contributed by atoms with Crippen LogP contribution in [0.25, 0.3) is 0 Å². The second kappa shape index (κ2) is 4.84. The highest BCUT2D eigenvalue weighted by Crippen LogP contribution is 2.27. The molecule has 0 aliphatic carbocycles. The van der Waals surface area contributed by atoms with Gasteiger partial charge in [-0.05, 0) is 34.1 Å².